The molecule has 26 heavy (non-hydrogen) atoms. The lowest BCUT2D eigenvalue weighted by atomic mass is 10.2. The molecule has 2 saturated heterocycles. The first kappa shape index (κ1) is 16.6. The lowest BCUT2D eigenvalue weighted by molar-refractivity contribution is 0.475. The van der Waals surface area contributed by atoms with Gasteiger partial charge in [0.25, 0.3) is 0 Å². The third-order valence-electron chi connectivity index (χ3n) is 4.64. The molecule has 0 bridgehead atoms. The second kappa shape index (κ2) is 7.55. The second-order valence-electron chi connectivity index (χ2n) is 6.61. The molecule has 0 aliphatic carbocycles. The van der Waals surface area contributed by atoms with Gasteiger partial charge in [0.15, 0.2) is 0 Å². The van der Waals surface area contributed by atoms with Gasteiger partial charge in [-0.25, -0.2) is 5.43 Å². The average Bonchev–Trinajstić information content (AvgIpc) is 3.36. The number of aromatic nitrogens is 3. The monoisotopic (exact) mass is 353 g/mol. The molecule has 4 rings (SSSR count). The minimum absolute atomic E-state index is 0.210. The summed E-state index contributed by atoms with van der Waals surface area (Å²) in [5.41, 5.74) is 3.71. The van der Waals surface area contributed by atoms with Crippen molar-refractivity contribution in [2.45, 2.75) is 25.7 Å². The van der Waals surface area contributed by atoms with Gasteiger partial charge in [0.05, 0.1) is 6.21 Å². The van der Waals surface area contributed by atoms with Crippen LogP contribution in [-0.4, -0.2) is 52.5 Å². The highest BCUT2D eigenvalue weighted by atomic mass is 16.3. The van der Waals surface area contributed by atoms with Crippen molar-refractivity contribution in [3.63, 3.8) is 0 Å². The highest BCUT2D eigenvalue weighted by molar-refractivity contribution is 5.80. The van der Waals surface area contributed by atoms with E-state index in [1.165, 1.54) is 25.7 Å². The van der Waals surface area contributed by atoms with Crippen LogP contribution < -0.4 is 15.2 Å². The molecule has 8 heteroatoms. The van der Waals surface area contributed by atoms with Gasteiger partial charge in [-0.05, 0) is 43.4 Å². The highest BCUT2D eigenvalue weighted by Gasteiger charge is 2.21. The zero-order valence-corrected chi connectivity index (χ0v) is 14.7. The fourth-order valence-corrected chi connectivity index (χ4v) is 3.29. The molecule has 0 unspecified atom stereocenters. The van der Waals surface area contributed by atoms with Gasteiger partial charge in [0.1, 0.15) is 5.75 Å². The molecule has 8 nitrogen and oxygen atoms in total. The van der Waals surface area contributed by atoms with Crippen molar-refractivity contribution >= 4 is 24.1 Å². The summed E-state index contributed by atoms with van der Waals surface area (Å²) >= 11 is 0. The van der Waals surface area contributed by atoms with Crippen molar-refractivity contribution in [2.75, 3.05) is 41.4 Å². The molecular formula is C18H23N7O. The van der Waals surface area contributed by atoms with Gasteiger partial charge in [0, 0.05) is 26.2 Å². The lowest BCUT2D eigenvalue weighted by Gasteiger charge is -2.20. The lowest BCUT2D eigenvalue weighted by Crippen LogP contribution is -2.25. The SMILES string of the molecule is Oc1cccc(/C=N\Nc2nc(N3CCCC3)nc(N3CCCC3)n2)c1. The summed E-state index contributed by atoms with van der Waals surface area (Å²) in [5, 5.41) is 13.7. The van der Waals surface area contributed by atoms with Crippen molar-refractivity contribution in [3.05, 3.63) is 29.8 Å². The molecular weight excluding hydrogens is 330 g/mol. The first-order chi connectivity index (χ1) is 12.8. The molecule has 0 radical (unpaired) electrons. The summed E-state index contributed by atoms with van der Waals surface area (Å²) in [6.45, 7) is 3.93. The molecule has 2 aliphatic rings. The third kappa shape index (κ3) is 3.84. The maximum atomic E-state index is 9.52. The van der Waals surface area contributed by atoms with E-state index in [1.54, 1.807) is 24.4 Å². The summed E-state index contributed by atoms with van der Waals surface area (Å²) in [6.07, 6.45) is 6.31. The Bertz CT molecular complexity index is 749. The number of benzene rings is 1. The fourth-order valence-electron chi connectivity index (χ4n) is 3.29. The highest BCUT2D eigenvalue weighted by Crippen LogP contribution is 2.22. The molecule has 1 aromatic heterocycles. The van der Waals surface area contributed by atoms with Crippen molar-refractivity contribution in [1.82, 2.24) is 15.0 Å². The average molecular weight is 353 g/mol. The van der Waals surface area contributed by atoms with Gasteiger partial charge >= 0.3 is 0 Å². The number of phenols is 1. The zero-order valence-electron chi connectivity index (χ0n) is 14.7. The quantitative estimate of drug-likeness (QED) is 0.629. The molecule has 2 aromatic rings. The minimum atomic E-state index is 0.210. The first-order valence-corrected chi connectivity index (χ1v) is 9.12. The number of aromatic hydroxyl groups is 1. The molecule has 2 fully saturated rings. The van der Waals surface area contributed by atoms with Crippen LogP contribution in [0.3, 0.4) is 0 Å². The van der Waals surface area contributed by atoms with E-state index in [1.807, 2.05) is 6.07 Å². The summed E-state index contributed by atoms with van der Waals surface area (Å²) in [4.78, 5) is 18.2. The fraction of sp³-hybridized carbons (Fsp3) is 0.444. The number of hydrogen-bond donors (Lipinski definition) is 2. The van der Waals surface area contributed by atoms with Crippen LogP contribution in [0.1, 0.15) is 31.2 Å². The Kier molecular flexibility index (Phi) is 4.81. The Morgan fingerprint density at radius 3 is 2.12 bits per heavy atom. The number of phenolic OH excluding ortho intramolecular Hbond substituents is 1. The Morgan fingerprint density at radius 1 is 0.923 bits per heavy atom. The van der Waals surface area contributed by atoms with E-state index in [0.29, 0.717) is 5.95 Å². The Morgan fingerprint density at radius 2 is 1.54 bits per heavy atom. The molecule has 1 aromatic carbocycles. The van der Waals surface area contributed by atoms with E-state index in [9.17, 15) is 5.11 Å². The van der Waals surface area contributed by atoms with E-state index < -0.39 is 0 Å². The molecule has 2 N–H and O–H groups in total. The molecule has 0 saturated carbocycles. The largest absolute Gasteiger partial charge is 0.508 e. The van der Waals surface area contributed by atoms with Gasteiger partial charge in [0.2, 0.25) is 17.8 Å². The molecule has 0 atom stereocenters. The number of nitrogens with zero attached hydrogens (tertiary/aromatic N) is 6. The predicted octanol–water partition coefficient (Wildman–Crippen LogP) is 2.22. The van der Waals surface area contributed by atoms with Crippen LogP contribution in [0.25, 0.3) is 0 Å². The normalized spacial score (nSPS) is 17.4. The number of nitrogens with one attached hydrogen (secondary N) is 1. The third-order valence-corrected chi connectivity index (χ3v) is 4.64. The van der Waals surface area contributed by atoms with Gasteiger partial charge < -0.3 is 14.9 Å². The molecule has 0 amide bonds. The van der Waals surface area contributed by atoms with E-state index in [2.05, 4.69) is 35.3 Å². The zero-order chi connectivity index (χ0) is 17.8. The second-order valence-corrected chi connectivity index (χ2v) is 6.61. The van der Waals surface area contributed by atoms with E-state index in [4.69, 9.17) is 0 Å². The number of hydrazone groups is 1. The molecule has 0 spiro atoms. The number of rotatable bonds is 5. The summed E-state index contributed by atoms with van der Waals surface area (Å²) in [6, 6.07) is 6.91. The van der Waals surface area contributed by atoms with Crippen molar-refractivity contribution in [1.29, 1.82) is 0 Å². The first-order valence-electron chi connectivity index (χ1n) is 9.12. The summed E-state index contributed by atoms with van der Waals surface area (Å²) in [7, 11) is 0. The van der Waals surface area contributed by atoms with Gasteiger partial charge in [-0.2, -0.15) is 20.1 Å². The van der Waals surface area contributed by atoms with Crippen molar-refractivity contribution < 1.29 is 5.11 Å². The van der Waals surface area contributed by atoms with Crippen LogP contribution in [0.4, 0.5) is 17.8 Å². The van der Waals surface area contributed by atoms with Crippen LogP contribution in [0, 0.1) is 0 Å². The van der Waals surface area contributed by atoms with Crippen LogP contribution in [0.15, 0.2) is 29.4 Å². The van der Waals surface area contributed by atoms with Crippen LogP contribution in [0.5, 0.6) is 5.75 Å². The van der Waals surface area contributed by atoms with E-state index in [-0.39, 0.29) is 5.75 Å². The van der Waals surface area contributed by atoms with Crippen LogP contribution in [0.2, 0.25) is 0 Å². The molecule has 3 heterocycles. The summed E-state index contributed by atoms with van der Waals surface area (Å²) in [5.74, 6) is 2.09. The Balaban J connectivity index is 1.55. The van der Waals surface area contributed by atoms with E-state index in [0.717, 1.165) is 43.6 Å². The standard InChI is InChI=1S/C18H23N7O/c26-15-7-5-6-14(12-15)13-19-23-16-20-17(24-8-1-2-9-24)22-18(21-16)25-10-3-4-11-25/h5-7,12-13,26H,1-4,8-11H2,(H,20,21,22,23)/b19-13-. The smallest absolute Gasteiger partial charge is 0.250 e. The van der Waals surface area contributed by atoms with Crippen LogP contribution >= 0.6 is 0 Å². The Hall–Kier alpha value is -2.90. The maximum absolute atomic E-state index is 9.52. The van der Waals surface area contributed by atoms with Gasteiger partial charge in [-0.15, -0.1) is 0 Å². The predicted molar refractivity (Wildman–Crippen MR) is 102 cm³/mol. The van der Waals surface area contributed by atoms with Gasteiger partial charge in [-0.3, -0.25) is 0 Å². The van der Waals surface area contributed by atoms with Crippen LogP contribution in [-0.2, 0) is 0 Å². The molecule has 136 valence electrons. The number of anilines is 3. The van der Waals surface area contributed by atoms with Gasteiger partial charge in [-0.1, -0.05) is 12.1 Å². The van der Waals surface area contributed by atoms with Crippen molar-refractivity contribution in [3.8, 4) is 5.75 Å². The minimum Gasteiger partial charge on any atom is -0.508 e. The van der Waals surface area contributed by atoms with E-state index >= 15 is 0 Å². The number of hydrogen-bond acceptors (Lipinski definition) is 8. The van der Waals surface area contributed by atoms with Crippen molar-refractivity contribution in [2.24, 2.45) is 5.10 Å². The topological polar surface area (TPSA) is 89.8 Å². The summed E-state index contributed by atoms with van der Waals surface area (Å²) < 4.78 is 0. The maximum Gasteiger partial charge on any atom is 0.250 e. The Labute approximate surface area is 152 Å². The molecule has 2 aliphatic heterocycles.